The first kappa shape index (κ1) is 21.4. The zero-order chi connectivity index (χ0) is 16.7. The number of nitrogens with one attached hydrogen (secondary N) is 2. The van der Waals surface area contributed by atoms with Crippen molar-refractivity contribution < 1.29 is 17.9 Å². The second-order valence-electron chi connectivity index (χ2n) is 5.17. The van der Waals surface area contributed by atoms with Gasteiger partial charge in [0, 0.05) is 25.1 Å². The quantitative estimate of drug-likeness (QED) is 0.374. The molecule has 1 aromatic heterocycles. The summed E-state index contributed by atoms with van der Waals surface area (Å²) >= 11 is 0.967. The predicted octanol–water partition coefficient (Wildman–Crippen LogP) is 3.40. The highest BCUT2D eigenvalue weighted by Crippen LogP contribution is 2.30. The molecule has 0 radical (unpaired) electrons. The van der Waals surface area contributed by atoms with Gasteiger partial charge in [-0.15, -0.1) is 35.3 Å². The molecular weight excluding hydrogens is 456 g/mol. The molecule has 2 heterocycles. The van der Waals surface area contributed by atoms with Crippen LogP contribution in [0, 0.1) is 0 Å². The summed E-state index contributed by atoms with van der Waals surface area (Å²) < 4.78 is 43.1. The number of alkyl halides is 3. The number of hydrogen-bond acceptors (Lipinski definition) is 4. The topological polar surface area (TPSA) is 58.5 Å². The fraction of sp³-hybridized carbons (Fsp3) is 0.714. The molecule has 0 saturated carbocycles. The lowest BCUT2D eigenvalue weighted by molar-refractivity contribution is -0.140. The van der Waals surface area contributed by atoms with Crippen molar-refractivity contribution >= 4 is 41.3 Å². The van der Waals surface area contributed by atoms with Crippen LogP contribution in [0.4, 0.5) is 13.2 Å². The molecule has 1 atom stereocenters. The van der Waals surface area contributed by atoms with Gasteiger partial charge in [0.2, 0.25) is 0 Å². The molecule has 1 aliphatic rings. The summed E-state index contributed by atoms with van der Waals surface area (Å²) in [5.41, 5.74) is -0.857. The van der Waals surface area contributed by atoms with E-state index in [4.69, 9.17) is 4.74 Å². The van der Waals surface area contributed by atoms with Crippen molar-refractivity contribution in [1.82, 2.24) is 15.6 Å². The van der Waals surface area contributed by atoms with E-state index in [0.717, 1.165) is 42.6 Å². The summed E-state index contributed by atoms with van der Waals surface area (Å²) in [5.74, 6) is 0.578. The highest BCUT2D eigenvalue weighted by molar-refractivity contribution is 14.0. The van der Waals surface area contributed by atoms with Crippen LogP contribution in [0.25, 0.3) is 0 Å². The molecule has 138 valence electrons. The van der Waals surface area contributed by atoms with Crippen molar-refractivity contribution in [2.45, 2.75) is 45.0 Å². The molecule has 1 aliphatic heterocycles. The maximum absolute atomic E-state index is 12.5. The molecule has 2 N–H and O–H groups in total. The van der Waals surface area contributed by atoms with Gasteiger partial charge in [-0.3, -0.25) is 0 Å². The van der Waals surface area contributed by atoms with E-state index in [9.17, 15) is 13.2 Å². The first-order valence-electron chi connectivity index (χ1n) is 7.64. The third-order valence-corrected chi connectivity index (χ3v) is 4.18. The minimum atomic E-state index is -4.40. The van der Waals surface area contributed by atoms with Gasteiger partial charge in [0.05, 0.1) is 12.6 Å². The Hall–Kier alpha value is -0.620. The lowest BCUT2D eigenvalue weighted by atomic mass is 10.2. The van der Waals surface area contributed by atoms with Gasteiger partial charge in [-0.1, -0.05) is 0 Å². The van der Waals surface area contributed by atoms with Gasteiger partial charge in [-0.25, -0.2) is 9.98 Å². The minimum Gasteiger partial charge on any atom is -0.378 e. The van der Waals surface area contributed by atoms with Crippen LogP contribution >= 0.6 is 35.3 Å². The Kier molecular flexibility index (Phi) is 9.27. The summed E-state index contributed by atoms with van der Waals surface area (Å²) in [7, 11) is 0. The molecule has 1 unspecified atom stereocenters. The normalized spacial score (nSPS) is 18.3. The van der Waals surface area contributed by atoms with Crippen LogP contribution in [0.1, 0.15) is 36.9 Å². The van der Waals surface area contributed by atoms with Gasteiger partial charge < -0.3 is 15.4 Å². The maximum atomic E-state index is 12.5. The van der Waals surface area contributed by atoms with Crippen LogP contribution in [0.15, 0.2) is 10.4 Å². The fourth-order valence-electron chi connectivity index (χ4n) is 2.23. The first-order valence-corrected chi connectivity index (χ1v) is 8.52. The number of thiazole rings is 1. The van der Waals surface area contributed by atoms with E-state index in [1.807, 2.05) is 6.92 Å². The van der Waals surface area contributed by atoms with Crippen molar-refractivity contribution in [3.63, 3.8) is 0 Å². The highest BCUT2D eigenvalue weighted by atomic mass is 127. The van der Waals surface area contributed by atoms with Gasteiger partial charge in [0.1, 0.15) is 5.01 Å². The molecule has 1 saturated heterocycles. The number of rotatable bonds is 6. The number of aromatic nitrogens is 1. The summed E-state index contributed by atoms with van der Waals surface area (Å²) in [6.07, 6.45) is -1.04. The lowest BCUT2D eigenvalue weighted by Crippen LogP contribution is -2.38. The van der Waals surface area contributed by atoms with Crippen molar-refractivity contribution in [3.05, 3.63) is 16.1 Å². The zero-order valence-corrected chi connectivity index (χ0v) is 16.5. The number of hydrogen-bond donors (Lipinski definition) is 2. The number of guanidine groups is 1. The van der Waals surface area contributed by atoms with Gasteiger partial charge in [-0.2, -0.15) is 13.2 Å². The molecule has 2 rings (SSSR count). The average Bonchev–Trinajstić information content (AvgIpc) is 3.15. The number of nitrogens with zero attached hydrogens (tertiary/aromatic N) is 2. The largest absolute Gasteiger partial charge is 0.434 e. The van der Waals surface area contributed by atoms with Crippen molar-refractivity contribution in [2.75, 3.05) is 19.7 Å². The Morgan fingerprint density at radius 1 is 1.46 bits per heavy atom. The van der Waals surface area contributed by atoms with E-state index in [2.05, 4.69) is 20.6 Å². The molecule has 0 spiro atoms. The number of aliphatic imine (C=N–C) groups is 1. The molecule has 24 heavy (non-hydrogen) atoms. The summed E-state index contributed by atoms with van der Waals surface area (Å²) in [6.45, 7) is 4.27. The Bertz CT molecular complexity index is 518. The van der Waals surface area contributed by atoms with Gasteiger partial charge in [-0.05, 0) is 26.2 Å². The number of ether oxygens (including phenoxy) is 1. The van der Waals surface area contributed by atoms with E-state index in [-0.39, 0.29) is 30.5 Å². The molecule has 5 nitrogen and oxygen atoms in total. The number of halogens is 4. The summed E-state index contributed by atoms with van der Waals surface area (Å²) in [4.78, 5) is 7.85. The third kappa shape index (κ3) is 7.09. The molecule has 0 aliphatic carbocycles. The minimum absolute atomic E-state index is 0. The Balaban J connectivity index is 0.00000288. The molecule has 0 amide bonds. The first-order chi connectivity index (χ1) is 11.0. The molecule has 10 heteroatoms. The van der Waals surface area contributed by atoms with E-state index in [1.54, 1.807) is 0 Å². The van der Waals surface area contributed by atoms with Crippen molar-refractivity contribution in [2.24, 2.45) is 4.99 Å². The third-order valence-electron chi connectivity index (χ3n) is 3.34. The highest BCUT2D eigenvalue weighted by Gasteiger charge is 2.33. The molecule has 1 fully saturated rings. The Morgan fingerprint density at radius 3 is 2.83 bits per heavy atom. The van der Waals surface area contributed by atoms with Gasteiger partial charge >= 0.3 is 6.18 Å². The standard InChI is InChI=1S/C14H21F3N4OS.HI/c1-2-18-13(19-6-5-10-4-3-7-22-10)20-8-12-21-11(9-23-12)14(15,16)17;/h9-10H,2-8H2,1H3,(H2,18,19,20);1H. The van der Waals surface area contributed by atoms with Gasteiger partial charge in [0.25, 0.3) is 0 Å². The molecular formula is C14H22F3IN4OS. The second kappa shape index (κ2) is 10.4. The monoisotopic (exact) mass is 478 g/mol. The van der Waals surface area contributed by atoms with Crippen molar-refractivity contribution in [3.8, 4) is 0 Å². The summed E-state index contributed by atoms with van der Waals surface area (Å²) in [5, 5.41) is 7.59. The molecule has 0 aromatic carbocycles. The van der Waals surface area contributed by atoms with Crippen molar-refractivity contribution in [1.29, 1.82) is 0 Å². The van der Waals surface area contributed by atoms with Gasteiger partial charge in [0.15, 0.2) is 11.7 Å². The SMILES string of the molecule is CCNC(=NCc1nc(C(F)(F)F)cs1)NCCC1CCCO1.I. The lowest BCUT2D eigenvalue weighted by Gasteiger charge is -2.13. The van der Waals surface area contributed by atoms with Crippen LogP contribution in [0.3, 0.4) is 0 Å². The Labute approximate surface area is 160 Å². The summed E-state index contributed by atoms with van der Waals surface area (Å²) in [6, 6.07) is 0. The van der Waals surface area contributed by atoms with E-state index < -0.39 is 11.9 Å². The molecule has 0 bridgehead atoms. The fourth-order valence-corrected chi connectivity index (χ4v) is 2.95. The molecule has 1 aromatic rings. The van der Waals surface area contributed by atoms with Crippen LogP contribution in [-0.4, -0.2) is 36.7 Å². The predicted molar refractivity (Wildman–Crippen MR) is 98.9 cm³/mol. The second-order valence-corrected chi connectivity index (χ2v) is 6.11. The van der Waals surface area contributed by atoms with Crippen LogP contribution < -0.4 is 10.6 Å². The van der Waals surface area contributed by atoms with E-state index in [1.165, 1.54) is 0 Å². The van der Waals surface area contributed by atoms with E-state index >= 15 is 0 Å². The average molecular weight is 478 g/mol. The zero-order valence-electron chi connectivity index (χ0n) is 13.4. The smallest absolute Gasteiger partial charge is 0.378 e. The van der Waals surface area contributed by atoms with Crippen LogP contribution in [0.2, 0.25) is 0 Å². The maximum Gasteiger partial charge on any atom is 0.434 e. The van der Waals surface area contributed by atoms with Crippen LogP contribution in [-0.2, 0) is 17.5 Å². The Morgan fingerprint density at radius 2 is 2.25 bits per heavy atom. The van der Waals surface area contributed by atoms with Crippen LogP contribution in [0.5, 0.6) is 0 Å². The van der Waals surface area contributed by atoms with E-state index in [0.29, 0.717) is 30.2 Å².